The number of nitrogens with zero attached hydrogens (tertiary/aromatic N) is 2. The minimum absolute atomic E-state index is 0.134. The second kappa shape index (κ2) is 7.35. The van der Waals surface area contributed by atoms with Gasteiger partial charge in [0.05, 0.1) is 5.69 Å². The highest BCUT2D eigenvalue weighted by molar-refractivity contribution is 5.90. The van der Waals surface area contributed by atoms with Gasteiger partial charge in [0.1, 0.15) is 6.54 Å². The molecule has 2 aromatic carbocycles. The van der Waals surface area contributed by atoms with Crippen molar-refractivity contribution in [2.24, 2.45) is 0 Å². The summed E-state index contributed by atoms with van der Waals surface area (Å²) in [6.45, 7) is 5.85. The van der Waals surface area contributed by atoms with Crippen molar-refractivity contribution in [3.05, 3.63) is 81.6 Å². The van der Waals surface area contributed by atoms with E-state index < -0.39 is 0 Å². The number of carbonyl (C=O) groups excluding carboxylic acids is 1. The maximum absolute atomic E-state index is 12.3. The van der Waals surface area contributed by atoms with Crippen LogP contribution in [0.3, 0.4) is 0 Å². The van der Waals surface area contributed by atoms with E-state index >= 15 is 0 Å². The number of aryl methyl sites for hydroxylation is 3. The van der Waals surface area contributed by atoms with Gasteiger partial charge in [0.15, 0.2) is 0 Å². The first-order chi connectivity index (χ1) is 12.4. The number of amides is 1. The van der Waals surface area contributed by atoms with Gasteiger partial charge >= 0.3 is 0 Å². The molecule has 0 aliphatic rings. The molecule has 0 spiro atoms. The average Bonchev–Trinajstić information content (AvgIpc) is 2.61. The standard InChI is InChI=1S/C21H21N3O2/c1-14-5-8-17(9-6-14)22-20(25)13-24-21(26)11-10-19(23-24)18-12-15(2)4-7-16(18)3/h4-12H,13H2,1-3H3,(H,22,25). The quantitative estimate of drug-likeness (QED) is 0.786. The Kier molecular flexibility index (Phi) is 4.98. The summed E-state index contributed by atoms with van der Waals surface area (Å²) in [5, 5.41) is 7.17. The monoisotopic (exact) mass is 347 g/mol. The molecule has 3 aromatic rings. The molecule has 1 N–H and O–H groups in total. The van der Waals surface area contributed by atoms with Gasteiger partial charge in [-0.15, -0.1) is 0 Å². The summed E-state index contributed by atoms with van der Waals surface area (Å²) in [6, 6.07) is 16.7. The van der Waals surface area contributed by atoms with Crippen molar-refractivity contribution in [2.75, 3.05) is 5.32 Å². The van der Waals surface area contributed by atoms with E-state index in [1.807, 2.05) is 63.2 Å². The van der Waals surface area contributed by atoms with Crippen LogP contribution in [-0.4, -0.2) is 15.7 Å². The zero-order valence-electron chi connectivity index (χ0n) is 15.1. The topological polar surface area (TPSA) is 64.0 Å². The molecule has 0 saturated carbocycles. The normalized spacial score (nSPS) is 10.6. The van der Waals surface area contributed by atoms with Gasteiger partial charge in [-0.1, -0.05) is 35.4 Å². The number of aromatic nitrogens is 2. The largest absolute Gasteiger partial charge is 0.324 e. The lowest BCUT2D eigenvalue weighted by atomic mass is 10.0. The summed E-state index contributed by atoms with van der Waals surface area (Å²) in [4.78, 5) is 24.4. The molecule has 0 radical (unpaired) electrons. The summed E-state index contributed by atoms with van der Waals surface area (Å²) in [7, 11) is 0. The Bertz CT molecular complexity index is 1000. The molecule has 132 valence electrons. The molecule has 0 aliphatic carbocycles. The van der Waals surface area contributed by atoms with Crippen LogP contribution in [-0.2, 0) is 11.3 Å². The summed E-state index contributed by atoms with van der Waals surface area (Å²) >= 11 is 0. The molecule has 1 aromatic heterocycles. The van der Waals surface area contributed by atoms with Gasteiger partial charge in [-0.2, -0.15) is 5.10 Å². The van der Waals surface area contributed by atoms with Crippen molar-refractivity contribution in [1.29, 1.82) is 0 Å². The molecule has 0 bridgehead atoms. The van der Waals surface area contributed by atoms with Crippen molar-refractivity contribution in [3.63, 3.8) is 0 Å². The van der Waals surface area contributed by atoms with Crippen LogP contribution in [0.5, 0.6) is 0 Å². The van der Waals surface area contributed by atoms with Crippen molar-refractivity contribution in [1.82, 2.24) is 9.78 Å². The SMILES string of the molecule is Cc1ccc(NC(=O)Cn2nc(-c3cc(C)ccc3C)ccc2=O)cc1. The number of hydrogen-bond acceptors (Lipinski definition) is 3. The first-order valence-electron chi connectivity index (χ1n) is 8.45. The van der Waals surface area contributed by atoms with Crippen molar-refractivity contribution in [2.45, 2.75) is 27.3 Å². The zero-order valence-corrected chi connectivity index (χ0v) is 15.1. The van der Waals surface area contributed by atoms with Crippen molar-refractivity contribution < 1.29 is 4.79 Å². The van der Waals surface area contributed by atoms with E-state index in [0.717, 1.165) is 22.3 Å². The first-order valence-corrected chi connectivity index (χ1v) is 8.45. The predicted molar refractivity (Wildman–Crippen MR) is 103 cm³/mol. The molecule has 0 fully saturated rings. The van der Waals surface area contributed by atoms with Crippen LogP contribution in [0.2, 0.25) is 0 Å². The molecule has 0 aliphatic heterocycles. The van der Waals surface area contributed by atoms with E-state index in [1.54, 1.807) is 6.07 Å². The molecule has 1 amide bonds. The number of nitrogens with one attached hydrogen (secondary N) is 1. The van der Waals surface area contributed by atoms with Crippen LogP contribution in [0.1, 0.15) is 16.7 Å². The van der Waals surface area contributed by atoms with E-state index in [-0.39, 0.29) is 18.0 Å². The summed E-state index contributed by atoms with van der Waals surface area (Å²) in [5.41, 5.74) is 5.31. The van der Waals surface area contributed by atoms with E-state index in [1.165, 1.54) is 10.7 Å². The van der Waals surface area contributed by atoms with E-state index in [4.69, 9.17) is 0 Å². The maximum Gasteiger partial charge on any atom is 0.267 e. The second-order valence-electron chi connectivity index (χ2n) is 6.45. The van der Waals surface area contributed by atoms with Crippen LogP contribution in [0, 0.1) is 20.8 Å². The van der Waals surface area contributed by atoms with Crippen LogP contribution in [0.4, 0.5) is 5.69 Å². The van der Waals surface area contributed by atoms with Crippen molar-refractivity contribution in [3.8, 4) is 11.3 Å². The molecule has 0 unspecified atom stereocenters. The Morgan fingerprint density at radius 3 is 2.38 bits per heavy atom. The Labute approximate surface area is 152 Å². The number of hydrogen-bond donors (Lipinski definition) is 1. The van der Waals surface area contributed by atoms with Crippen LogP contribution in [0.25, 0.3) is 11.3 Å². The summed E-state index contributed by atoms with van der Waals surface area (Å²) < 4.78 is 1.20. The van der Waals surface area contributed by atoms with Gasteiger partial charge in [-0.05, 0) is 50.6 Å². The highest BCUT2D eigenvalue weighted by Crippen LogP contribution is 2.21. The third-order valence-electron chi connectivity index (χ3n) is 4.16. The van der Waals surface area contributed by atoms with Crippen molar-refractivity contribution >= 4 is 11.6 Å². The molecule has 5 heteroatoms. The third kappa shape index (κ3) is 4.06. The Morgan fingerprint density at radius 2 is 1.65 bits per heavy atom. The second-order valence-corrected chi connectivity index (χ2v) is 6.45. The summed E-state index contributed by atoms with van der Waals surface area (Å²) in [6.07, 6.45) is 0. The van der Waals surface area contributed by atoms with E-state index in [2.05, 4.69) is 10.4 Å². The fourth-order valence-electron chi connectivity index (χ4n) is 2.69. The first kappa shape index (κ1) is 17.6. The van der Waals surface area contributed by atoms with Gasteiger partial charge in [-0.25, -0.2) is 4.68 Å². The van der Waals surface area contributed by atoms with Crippen LogP contribution < -0.4 is 10.9 Å². The average molecular weight is 347 g/mol. The van der Waals surface area contributed by atoms with E-state index in [9.17, 15) is 9.59 Å². The van der Waals surface area contributed by atoms with Gasteiger partial charge < -0.3 is 5.32 Å². The van der Waals surface area contributed by atoms with Gasteiger partial charge in [0.2, 0.25) is 5.91 Å². The van der Waals surface area contributed by atoms with Crippen LogP contribution in [0.15, 0.2) is 59.4 Å². The molecule has 26 heavy (non-hydrogen) atoms. The van der Waals surface area contributed by atoms with E-state index in [0.29, 0.717) is 11.4 Å². The Morgan fingerprint density at radius 1 is 0.962 bits per heavy atom. The Balaban J connectivity index is 1.84. The third-order valence-corrected chi connectivity index (χ3v) is 4.16. The number of rotatable bonds is 4. The highest BCUT2D eigenvalue weighted by atomic mass is 16.2. The lowest BCUT2D eigenvalue weighted by molar-refractivity contribution is -0.117. The smallest absolute Gasteiger partial charge is 0.267 e. The number of benzene rings is 2. The molecule has 0 atom stereocenters. The minimum Gasteiger partial charge on any atom is -0.324 e. The van der Waals surface area contributed by atoms with Crippen LogP contribution >= 0.6 is 0 Å². The lowest BCUT2D eigenvalue weighted by Gasteiger charge is -2.10. The fraction of sp³-hybridized carbons (Fsp3) is 0.190. The molecule has 3 rings (SSSR count). The fourth-order valence-corrected chi connectivity index (χ4v) is 2.69. The summed E-state index contributed by atoms with van der Waals surface area (Å²) in [5.74, 6) is -0.290. The highest BCUT2D eigenvalue weighted by Gasteiger charge is 2.10. The zero-order chi connectivity index (χ0) is 18.7. The van der Waals surface area contributed by atoms with Gasteiger partial charge in [0, 0.05) is 17.3 Å². The lowest BCUT2D eigenvalue weighted by Crippen LogP contribution is -2.29. The molecule has 1 heterocycles. The molecule has 5 nitrogen and oxygen atoms in total. The molecular formula is C21H21N3O2. The van der Waals surface area contributed by atoms with Gasteiger partial charge in [-0.3, -0.25) is 9.59 Å². The van der Waals surface area contributed by atoms with Gasteiger partial charge in [0.25, 0.3) is 5.56 Å². The maximum atomic E-state index is 12.3. The number of anilines is 1. The molecular weight excluding hydrogens is 326 g/mol. The Hall–Kier alpha value is -3.21. The minimum atomic E-state index is -0.307. The predicted octanol–water partition coefficient (Wildman–Crippen LogP) is 3.47. The molecule has 0 saturated heterocycles. The number of carbonyl (C=O) groups is 1.